The van der Waals surface area contributed by atoms with Gasteiger partial charge in [-0.1, -0.05) is 0 Å². The van der Waals surface area contributed by atoms with Gasteiger partial charge >= 0.3 is 0 Å². The third-order valence-electron chi connectivity index (χ3n) is 2.70. The molecule has 2 aromatic heterocycles. The number of sulfonamides is 1. The summed E-state index contributed by atoms with van der Waals surface area (Å²) in [7, 11) is -1.73. The molecule has 0 amide bonds. The van der Waals surface area contributed by atoms with Crippen LogP contribution in [0.25, 0.3) is 0 Å². The molecule has 20 heavy (non-hydrogen) atoms. The van der Waals surface area contributed by atoms with Crippen LogP contribution in [-0.2, 0) is 30.0 Å². The lowest BCUT2D eigenvalue weighted by Gasteiger charge is -2.04. The number of rotatable bonds is 6. The van der Waals surface area contributed by atoms with Gasteiger partial charge in [-0.05, 0) is 13.0 Å². The highest BCUT2D eigenvalue weighted by Gasteiger charge is 2.19. The molecular formula is C11H17N5O2S2. The van der Waals surface area contributed by atoms with Crippen LogP contribution in [0.4, 0.5) is 0 Å². The second kappa shape index (κ2) is 6.00. The molecule has 110 valence electrons. The van der Waals surface area contributed by atoms with Gasteiger partial charge in [-0.15, -0.1) is 11.3 Å². The van der Waals surface area contributed by atoms with E-state index in [1.165, 1.54) is 11.3 Å². The Labute approximate surface area is 121 Å². The Hall–Kier alpha value is -1.29. The van der Waals surface area contributed by atoms with E-state index in [4.69, 9.17) is 5.73 Å². The summed E-state index contributed by atoms with van der Waals surface area (Å²) in [6, 6.07) is 1.63. The van der Waals surface area contributed by atoms with Gasteiger partial charge in [-0.3, -0.25) is 4.68 Å². The van der Waals surface area contributed by atoms with E-state index >= 15 is 0 Å². The Balaban J connectivity index is 2.01. The fourth-order valence-electron chi connectivity index (χ4n) is 1.77. The van der Waals surface area contributed by atoms with E-state index in [1.807, 2.05) is 0 Å². The number of nitrogens with zero attached hydrogens (tertiary/aromatic N) is 3. The molecule has 0 aliphatic rings. The standard InChI is InChI=1S/C11H17N5O2S2/c1-8-10(5-9(6-12)19-8)20(17,18)14-4-3-11-13-7-16(2)15-11/h5,7,14H,3-4,6,12H2,1-2H3. The third-order valence-corrected chi connectivity index (χ3v) is 5.49. The van der Waals surface area contributed by atoms with E-state index in [0.29, 0.717) is 23.7 Å². The lowest BCUT2D eigenvalue weighted by molar-refractivity contribution is 0.580. The molecule has 0 unspecified atom stereocenters. The fraction of sp³-hybridized carbons (Fsp3) is 0.455. The quantitative estimate of drug-likeness (QED) is 0.790. The highest BCUT2D eigenvalue weighted by atomic mass is 32.2. The number of aromatic nitrogens is 3. The lowest BCUT2D eigenvalue weighted by atomic mass is 10.4. The summed E-state index contributed by atoms with van der Waals surface area (Å²) in [6.45, 7) is 2.39. The Morgan fingerprint density at radius 1 is 1.50 bits per heavy atom. The first-order valence-corrected chi connectivity index (χ1v) is 8.36. The molecule has 0 atom stereocenters. The maximum absolute atomic E-state index is 12.2. The monoisotopic (exact) mass is 315 g/mol. The molecule has 0 bridgehead atoms. The molecule has 3 N–H and O–H groups in total. The molecule has 2 aromatic rings. The predicted molar refractivity (Wildman–Crippen MR) is 76.8 cm³/mol. The summed E-state index contributed by atoms with van der Waals surface area (Å²) in [6.07, 6.45) is 2.04. The van der Waals surface area contributed by atoms with Crippen molar-refractivity contribution in [3.8, 4) is 0 Å². The largest absolute Gasteiger partial charge is 0.326 e. The van der Waals surface area contributed by atoms with Gasteiger partial charge in [-0.25, -0.2) is 18.1 Å². The topological polar surface area (TPSA) is 103 Å². The summed E-state index contributed by atoms with van der Waals surface area (Å²) in [4.78, 5) is 5.95. The van der Waals surface area contributed by atoms with Gasteiger partial charge in [-0.2, -0.15) is 5.10 Å². The minimum absolute atomic E-state index is 0.263. The first-order chi connectivity index (χ1) is 9.42. The van der Waals surface area contributed by atoms with Crippen molar-refractivity contribution in [3.63, 3.8) is 0 Å². The number of nitrogens with two attached hydrogens (primary N) is 1. The average molecular weight is 315 g/mol. The zero-order valence-electron chi connectivity index (χ0n) is 11.3. The van der Waals surface area contributed by atoms with Crippen LogP contribution in [0.2, 0.25) is 0 Å². The van der Waals surface area contributed by atoms with Crippen LogP contribution in [0, 0.1) is 6.92 Å². The van der Waals surface area contributed by atoms with Gasteiger partial charge in [0, 0.05) is 36.3 Å². The Kier molecular flexibility index (Phi) is 4.53. The van der Waals surface area contributed by atoms with Crippen molar-refractivity contribution in [3.05, 3.63) is 28.0 Å². The lowest BCUT2D eigenvalue weighted by Crippen LogP contribution is -2.26. The summed E-state index contributed by atoms with van der Waals surface area (Å²) in [5.41, 5.74) is 5.53. The van der Waals surface area contributed by atoms with Crippen LogP contribution in [0.3, 0.4) is 0 Å². The van der Waals surface area contributed by atoms with E-state index < -0.39 is 10.0 Å². The van der Waals surface area contributed by atoms with Gasteiger partial charge in [0.15, 0.2) is 5.82 Å². The summed E-state index contributed by atoms with van der Waals surface area (Å²) >= 11 is 1.40. The van der Waals surface area contributed by atoms with Crippen LogP contribution in [-0.4, -0.2) is 29.7 Å². The summed E-state index contributed by atoms with van der Waals surface area (Å²) < 4.78 is 28.5. The number of nitrogens with one attached hydrogen (secondary N) is 1. The molecule has 2 heterocycles. The van der Waals surface area contributed by atoms with E-state index in [1.54, 1.807) is 31.0 Å². The highest BCUT2D eigenvalue weighted by molar-refractivity contribution is 7.89. The van der Waals surface area contributed by atoms with Crippen LogP contribution in [0.15, 0.2) is 17.3 Å². The van der Waals surface area contributed by atoms with Crippen LogP contribution < -0.4 is 10.5 Å². The second-order valence-corrected chi connectivity index (χ2v) is 7.40. The second-order valence-electron chi connectivity index (χ2n) is 4.32. The third kappa shape index (κ3) is 3.42. The van der Waals surface area contributed by atoms with Gasteiger partial charge < -0.3 is 5.73 Å². The van der Waals surface area contributed by atoms with Crippen LogP contribution in [0.1, 0.15) is 15.6 Å². The van der Waals surface area contributed by atoms with E-state index in [-0.39, 0.29) is 6.54 Å². The summed E-state index contributed by atoms with van der Waals surface area (Å²) in [5.74, 6) is 0.611. The molecule has 0 aromatic carbocycles. The molecule has 0 aliphatic heterocycles. The van der Waals surface area contributed by atoms with E-state index in [9.17, 15) is 8.42 Å². The van der Waals surface area contributed by atoms with Crippen molar-refractivity contribution in [1.29, 1.82) is 0 Å². The van der Waals surface area contributed by atoms with Crippen molar-refractivity contribution >= 4 is 21.4 Å². The van der Waals surface area contributed by atoms with Gasteiger partial charge in [0.05, 0.1) is 4.90 Å². The number of aryl methyl sites for hydroxylation is 2. The fourth-order valence-corrected chi connectivity index (χ4v) is 4.31. The average Bonchev–Trinajstić information content (AvgIpc) is 2.95. The van der Waals surface area contributed by atoms with Gasteiger partial charge in [0.25, 0.3) is 0 Å². The van der Waals surface area contributed by atoms with Crippen LogP contribution >= 0.6 is 11.3 Å². The molecule has 9 heteroatoms. The maximum Gasteiger partial charge on any atom is 0.241 e. The van der Waals surface area contributed by atoms with Gasteiger partial charge in [0.2, 0.25) is 10.0 Å². The normalized spacial score (nSPS) is 11.9. The Bertz CT molecular complexity index is 689. The zero-order valence-corrected chi connectivity index (χ0v) is 13.0. The van der Waals surface area contributed by atoms with Crippen molar-refractivity contribution in [2.45, 2.75) is 24.8 Å². The van der Waals surface area contributed by atoms with Crippen molar-refractivity contribution in [1.82, 2.24) is 19.5 Å². The van der Waals surface area contributed by atoms with Crippen molar-refractivity contribution in [2.75, 3.05) is 6.54 Å². The number of hydrogen-bond donors (Lipinski definition) is 2. The Morgan fingerprint density at radius 3 is 2.80 bits per heavy atom. The van der Waals surface area contributed by atoms with Crippen molar-refractivity contribution in [2.24, 2.45) is 12.8 Å². The van der Waals surface area contributed by atoms with Crippen LogP contribution in [0.5, 0.6) is 0 Å². The zero-order chi connectivity index (χ0) is 14.8. The minimum atomic E-state index is -3.50. The number of thiophene rings is 1. The number of hydrogen-bond acceptors (Lipinski definition) is 6. The maximum atomic E-state index is 12.2. The minimum Gasteiger partial charge on any atom is -0.326 e. The predicted octanol–water partition coefficient (Wildman–Crippen LogP) is 0.165. The molecule has 0 spiro atoms. The van der Waals surface area contributed by atoms with Gasteiger partial charge in [0.1, 0.15) is 6.33 Å². The molecule has 0 saturated heterocycles. The molecule has 0 fully saturated rings. The molecule has 0 saturated carbocycles. The molecule has 7 nitrogen and oxygen atoms in total. The smallest absolute Gasteiger partial charge is 0.241 e. The van der Waals surface area contributed by atoms with Crippen molar-refractivity contribution < 1.29 is 8.42 Å². The highest BCUT2D eigenvalue weighted by Crippen LogP contribution is 2.25. The molecule has 0 radical (unpaired) electrons. The van der Waals surface area contributed by atoms with E-state index in [2.05, 4.69) is 14.8 Å². The molecule has 2 rings (SSSR count). The molecular weight excluding hydrogens is 298 g/mol. The van der Waals surface area contributed by atoms with E-state index in [0.717, 1.165) is 9.75 Å². The first-order valence-electron chi connectivity index (χ1n) is 6.06. The SMILES string of the molecule is Cc1sc(CN)cc1S(=O)(=O)NCCc1ncn(C)n1. The summed E-state index contributed by atoms with van der Waals surface area (Å²) in [5, 5.41) is 4.09. The first kappa shape index (κ1) is 15.1. The Morgan fingerprint density at radius 2 is 2.25 bits per heavy atom. The molecule has 0 aliphatic carbocycles.